The molecule has 0 aromatic carbocycles. The average Bonchev–Trinajstić information content (AvgIpc) is 2.90. The van der Waals surface area contributed by atoms with E-state index in [1.807, 2.05) is 0 Å². The number of piperazine rings is 1. The minimum absolute atomic E-state index is 0.717. The number of hydrogen-bond donors (Lipinski definition) is 1. The van der Waals surface area contributed by atoms with Gasteiger partial charge in [0.2, 0.25) is 0 Å². The van der Waals surface area contributed by atoms with E-state index in [9.17, 15) is 0 Å². The maximum atomic E-state index is 3.76. The third-order valence-electron chi connectivity index (χ3n) is 5.27. The molecule has 1 aliphatic heterocycles. The van der Waals surface area contributed by atoms with Crippen molar-refractivity contribution in [2.24, 2.45) is 5.92 Å². The van der Waals surface area contributed by atoms with Crippen molar-refractivity contribution in [3.05, 3.63) is 0 Å². The van der Waals surface area contributed by atoms with Crippen molar-refractivity contribution < 1.29 is 0 Å². The second-order valence-electron chi connectivity index (χ2n) is 7.01. The van der Waals surface area contributed by atoms with Crippen molar-refractivity contribution in [2.45, 2.75) is 65.0 Å². The predicted octanol–water partition coefficient (Wildman–Crippen LogP) is 2.57. The van der Waals surface area contributed by atoms with Crippen LogP contribution in [-0.2, 0) is 0 Å². The van der Waals surface area contributed by atoms with Gasteiger partial charge in [0.1, 0.15) is 0 Å². The van der Waals surface area contributed by atoms with Crippen LogP contribution in [0.4, 0.5) is 0 Å². The molecule has 1 aliphatic carbocycles. The molecule has 0 spiro atoms. The molecule has 2 unspecified atom stereocenters. The summed E-state index contributed by atoms with van der Waals surface area (Å²) in [4.78, 5) is 5.30. The fourth-order valence-corrected chi connectivity index (χ4v) is 3.83. The summed E-state index contributed by atoms with van der Waals surface area (Å²) in [5, 5.41) is 3.76. The highest BCUT2D eigenvalue weighted by Crippen LogP contribution is 2.28. The van der Waals surface area contributed by atoms with Gasteiger partial charge in [-0.3, -0.25) is 4.90 Å². The average molecular weight is 281 g/mol. The largest absolute Gasteiger partial charge is 0.314 e. The molecule has 1 saturated carbocycles. The smallest absolute Gasteiger partial charge is 0.0113 e. The Hall–Kier alpha value is -0.120. The maximum Gasteiger partial charge on any atom is 0.0113 e. The SMILES string of the molecule is CCCNC1CCCC1CCN1CCN(C(C)C)CC1. The Balaban J connectivity index is 1.65. The molecular formula is C17H35N3. The molecule has 0 radical (unpaired) electrons. The first-order valence-electron chi connectivity index (χ1n) is 8.90. The van der Waals surface area contributed by atoms with Gasteiger partial charge >= 0.3 is 0 Å². The lowest BCUT2D eigenvalue weighted by atomic mass is 9.99. The number of nitrogens with one attached hydrogen (secondary N) is 1. The van der Waals surface area contributed by atoms with E-state index in [1.165, 1.54) is 71.4 Å². The maximum absolute atomic E-state index is 3.76. The molecular weight excluding hydrogens is 246 g/mol. The summed E-state index contributed by atoms with van der Waals surface area (Å²) in [7, 11) is 0. The molecule has 118 valence electrons. The van der Waals surface area contributed by atoms with Crippen molar-refractivity contribution in [3.63, 3.8) is 0 Å². The first-order valence-corrected chi connectivity index (χ1v) is 8.90. The monoisotopic (exact) mass is 281 g/mol. The lowest BCUT2D eigenvalue weighted by Gasteiger charge is -2.37. The van der Waals surface area contributed by atoms with Crippen molar-refractivity contribution >= 4 is 0 Å². The number of nitrogens with zero attached hydrogens (tertiary/aromatic N) is 2. The minimum atomic E-state index is 0.717. The van der Waals surface area contributed by atoms with E-state index in [2.05, 4.69) is 35.9 Å². The fraction of sp³-hybridized carbons (Fsp3) is 1.00. The molecule has 2 fully saturated rings. The Labute approximate surface area is 126 Å². The lowest BCUT2D eigenvalue weighted by Crippen LogP contribution is -2.49. The quantitative estimate of drug-likeness (QED) is 0.774. The summed E-state index contributed by atoms with van der Waals surface area (Å²) in [5.74, 6) is 0.935. The first kappa shape index (κ1) is 16.3. The summed E-state index contributed by atoms with van der Waals surface area (Å²) in [6.45, 7) is 14.5. The summed E-state index contributed by atoms with van der Waals surface area (Å²) in [6, 6.07) is 1.53. The van der Waals surface area contributed by atoms with Crippen molar-refractivity contribution in [1.82, 2.24) is 15.1 Å². The second kappa shape index (κ2) is 8.35. The normalized spacial score (nSPS) is 29.4. The Kier molecular flexibility index (Phi) is 6.79. The van der Waals surface area contributed by atoms with Gasteiger partial charge in [0.15, 0.2) is 0 Å². The van der Waals surface area contributed by atoms with Crippen molar-refractivity contribution in [3.8, 4) is 0 Å². The lowest BCUT2D eigenvalue weighted by molar-refractivity contribution is 0.103. The van der Waals surface area contributed by atoms with Gasteiger partial charge in [0.05, 0.1) is 0 Å². The van der Waals surface area contributed by atoms with Crippen LogP contribution in [0.25, 0.3) is 0 Å². The molecule has 0 amide bonds. The van der Waals surface area contributed by atoms with Gasteiger partial charge in [-0.25, -0.2) is 0 Å². The Morgan fingerprint density at radius 3 is 2.50 bits per heavy atom. The van der Waals surface area contributed by atoms with Crippen LogP contribution in [0.15, 0.2) is 0 Å². The van der Waals surface area contributed by atoms with E-state index in [0.717, 1.165) is 18.0 Å². The van der Waals surface area contributed by atoms with Crippen LogP contribution in [0, 0.1) is 5.92 Å². The van der Waals surface area contributed by atoms with Crippen LogP contribution in [0.5, 0.6) is 0 Å². The molecule has 1 N–H and O–H groups in total. The number of hydrogen-bond acceptors (Lipinski definition) is 3. The molecule has 2 aliphatic rings. The first-order chi connectivity index (χ1) is 9.70. The zero-order chi connectivity index (χ0) is 14.4. The highest BCUT2D eigenvalue weighted by molar-refractivity contribution is 4.84. The molecule has 1 saturated heterocycles. The van der Waals surface area contributed by atoms with Gasteiger partial charge in [-0.05, 0) is 58.5 Å². The van der Waals surface area contributed by atoms with Gasteiger partial charge < -0.3 is 10.2 Å². The zero-order valence-corrected chi connectivity index (χ0v) is 13.9. The van der Waals surface area contributed by atoms with E-state index in [0.29, 0.717) is 0 Å². The highest BCUT2D eigenvalue weighted by Gasteiger charge is 2.27. The predicted molar refractivity (Wildman–Crippen MR) is 87.2 cm³/mol. The minimum Gasteiger partial charge on any atom is -0.314 e. The Bertz CT molecular complexity index is 259. The Morgan fingerprint density at radius 1 is 1.10 bits per heavy atom. The van der Waals surface area contributed by atoms with E-state index in [1.54, 1.807) is 0 Å². The summed E-state index contributed by atoms with van der Waals surface area (Å²) >= 11 is 0. The standard InChI is InChI=1S/C17H35N3/c1-4-9-18-17-7-5-6-16(17)8-10-19-11-13-20(14-12-19)15(2)3/h15-18H,4-14H2,1-3H3. The third-order valence-corrected chi connectivity index (χ3v) is 5.27. The van der Waals surface area contributed by atoms with Crippen molar-refractivity contribution in [1.29, 1.82) is 0 Å². The summed E-state index contributed by atoms with van der Waals surface area (Å²) < 4.78 is 0. The van der Waals surface area contributed by atoms with E-state index >= 15 is 0 Å². The molecule has 3 nitrogen and oxygen atoms in total. The van der Waals surface area contributed by atoms with E-state index in [4.69, 9.17) is 0 Å². The summed E-state index contributed by atoms with van der Waals surface area (Å²) in [5.41, 5.74) is 0. The molecule has 1 heterocycles. The van der Waals surface area contributed by atoms with Gasteiger partial charge in [-0.15, -0.1) is 0 Å². The van der Waals surface area contributed by atoms with E-state index in [-0.39, 0.29) is 0 Å². The second-order valence-corrected chi connectivity index (χ2v) is 7.01. The molecule has 3 heteroatoms. The summed E-state index contributed by atoms with van der Waals surface area (Å²) in [6.07, 6.45) is 6.97. The topological polar surface area (TPSA) is 18.5 Å². The van der Waals surface area contributed by atoms with Crippen LogP contribution in [0.3, 0.4) is 0 Å². The molecule has 0 bridgehead atoms. The van der Waals surface area contributed by atoms with Crippen LogP contribution < -0.4 is 5.32 Å². The molecule has 0 aromatic rings. The van der Waals surface area contributed by atoms with Crippen LogP contribution in [0.1, 0.15) is 52.9 Å². The highest BCUT2D eigenvalue weighted by atomic mass is 15.3. The fourth-order valence-electron chi connectivity index (χ4n) is 3.83. The van der Waals surface area contributed by atoms with Crippen LogP contribution in [0.2, 0.25) is 0 Å². The third kappa shape index (κ3) is 4.71. The van der Waals surface area contributed by atoms with Gasteiger partial charge in [-0.1, -0.05) is 13.3 Å². The van der Waals surface area contributed by atoms with Gasteiger partial charge in [0.25, 0.3) is 0 Å². The van der Waals surface area contributed by atoms with E-state index < -0.39 is 0 Å². The molecule has 20 heavy (non-hydrogen) atoms. The zero-order valence-electron chi connectivity index (χ0n) is 13.9. The number of rotatable bonds is 7. The van der Waals surface area contributed by atoms with Crippen LogP contribution in [-0.4, -0.2) is 61.2 Å². The Morgan fingerprint density at radius 2 is 1.85 bits per heavy atom. The van der Waals surface area contributed by atoms with Crippen molar-refractivity contribution in [2.75, 3.05) is 39.3 Å². The van der Waals surface area contributed by atoms with Crippen LogP contribution >= 0.6 is 0 Å². The van der Waals surface area contributed by atoms with Gasteiger partial charge in [-0.2, -0.15) is 0 Å². The molecule has 2 rings (SSSR count). The molecule has 0 aromatic heterocycles. The van der Waals surface area contributed by atoms with Gasteiger partial charge in [0, 0.05) is 38.3 Å². The molecule has 2 atom stereocenters.